The minimum Gasteiger partial charge on any atom is -0.271 e. The average Bonchev–Trinajstić information content (AvgIpc) is 2.79. The number of benzene rings is 1. The van der Waals surface area contributed by atoms with E-state index in [2.05, 4.69) is 27.6 Å². The van der Waals surface area contributed by atoms with E-state index >= 15 is 0 Å². The second-order valence-corrected chi connectivity index (χ2v) is 4.88. The molecule has 0 aliphatic rings. The summed E-state index contributed by atoms with van der Waals surface area (Å²) in [6.45, 7) is 1.97. The molecule has 1 unspecified atom stereocenters. The van der Waals surface area contributed by atoms with Gasteiger partial charge in [0.2, 0.25) is 0 Å². The Morgan fingerprint density at radius 1 is 1.30 bits per heavy atom. The van der Waals surface area contributed by atoms with Crippen molar-refractivity contribution in [2.24, 2.45) is 12.9 Å². The number of nitrogens with one attached hydrogen (secondary N) is 1. The van der Waals surface area contributed by atoms with E-state index in [1.54, 1.807) is 6.20 Å². The Kier molecular flexibility index (Phi) is 3.22. The average molecular weight is 267 g/mol. The summed E-state index contributed by atoms with van der Waals surface area (Å²) in [6.07, 6.45) is 3.67. The highest BCUT2D eigenvalue weighted by molar-refractivity contribution is 5.85. The summed E-state index contributed by atoms with van der Waals surface area (Å²) >= 11 is 0. The first-order valence-electron chi connectivity index (χ1n) is 6.50. The molecule has 0 saturated carbocycles. The molecule has 0 fully saturated rings. The predicted octanol–water partition coefficient (Wildman–Crippen LogP) is 1.83. The van der Waals surface area contributed by atoms with Gasteiger partial charge in [-0.3, -0.25) is 15.5 Å². The van der Waals surface area contributed by atoms with E-state index in [0.29, 0.717) is 0 Å². The number of hydrazine groups is 1. The molecule has 20 heavy (non-hydrogen) atoms. The zero-order valence-corrected chi connectivity index (χ0v) is 11.5. The van der Waals surface area contributed by atoms with Gasteiger partial charge >= 0.3 is 0 Å². The minimum absolute atomic E-state index is 0.117. The second-order valence-electron chi connectivity index (χ2n) is 4.88. The van der Waals surface area contributed by atoms with Crippen LogP contribution in [-0.4, -0.2) is 14.8 Å². The zero-order valence-electron chi connectivity index (χ0n) is 11.5. The highest BCUT2D eigenvalue weighted by Crippen LogP contribution is 2.28. The molecule has 5 nitrogen and oxygen atoms in total. The third-order valence-electron chi connectivity index (χ3n) is 3.53. The Labute approximate surface area is 117 Å². The summed E-state index contributed by atoms with van der Waals surface area (Å²) in [6, 6.07) is 10.1. The molecule has 3 N–H and O–H groups in total. The fourth-order valence-electron chi connectivity index (χ4n) is 2.62. The molecule has 2 heterocycles. The van der Waals surface area contributed by atoms with Crippen molar-refractivity contribution in [3.8, 4) is 0 Å². The number of nitrogens with zero attached hydrogens (tertiary/aromatic N) is 3. The van der Waals surface area contributed by atoms with Crippen LogP contribution in [0, 0.1) is 6.92 Å². The van der Waals surface area contributed by atoms with E-state index in [4.69, 9.17) is 5.84 Å². The van der Waals surface area contributed by atoms with Gasteiger partial charge in [-0.1, -0.05) is 18.2 Å². The van der Waals surface area contributed by atoms with Gasteiger partial charge in [0.05, 0.1) is 17.4 Å². The molecule has 5 heteroatoms. The summed E-state index contributed by atoms with van der Waals surface area (Å²) in [7, 11) is 1.93. The standard InChI is InChI=1S/C15H17N5/c1-10-8-14(20(2)19-10)15(18-16)12-5-3-4-11-6-7-17-9-13(11)12/h3-9,15,18H,16H2,1-2H3. The molecule has 0 amide bonds. The third kappa shape index (κ3) is 2.07. The maximum atomic E-state index is 5.79. The predicted molar refractivity (Wildman–Crippen MR) is 78.9 cm³/mol. The molecule has 102 valence electrons. The van der Waals surface area contributed by atoms with Crippen molar-refractivity contribution < 1.29 is 0 Å². The van der Waals surface area contributed by atoms with E-state index in [9.17, 15) is 0 Å². The largest absolute Gasteiger partial charge is 0.271 e. The van der Waals surface area contributed by atoms with E-state index in [0.717, 1.165) is 27.7 Å². The van der Waals surface area contributed by atoms with Gasteiger partial charge < -0.3 is 0 Å². The number of nitrogens with two attached hydrogens (primary N) is 1. The molecular weight excluding hydrogens is 250 g/mol. The van der Waals surface area contributed by atoms with Crippen LogP contribution in [-0.2, 0) is 7.05 Å². The second kappa shape index (κ2) is 5.03. The highest BCUT2D eigenvalue weighted by atomic mass is 15.3. The van der Waals surface area contributed by atoms with E-state index in [-0.39, 0.29) is 6.04 Å². The summed E-state index contributed by atoms with van der Waals surface area (Å²) in [5, 5.41) is 6.63. The number of aryl methyl sites for hydroxylation is 2. The van der Waals surface area contributed by atoms with Gasteiger partial charge in [-0.25, -0.2) is 5.43 Å². The Balaban J connectivity index is 2.19. The highest BCUT2D eigenvalue weighted by Gasteiger charge is 2.19. The van der Waals surface area contributed by atoms with Crippen molar-refractivity contribution >= 4 is 10.8 Å². The van der Waals surface area contributed by atoms with Crippen molar-refractivity contribution in [3.63, 3.8) is 0 Å². The van der Waals surface area contributed by atoms with Crippen molar-refractivity contribution in [2.45, 2.75) is 13.0 Å². The van der Waals surface area contributed by atoms with Crippen molar-refractivity contribution in [2.75, 3.05) is 0 Å². The molecule has 0 spiro atoms. The van der Waals surface area contributed by atoms with Crippen LogP contribution in [0.15, 0.2) is 42.7 Å². The monoisotopic (exact) mass is 267 g/mol. The number of hydrogen-bond donors (Lipinski definition) is 2. The normalized spacial score (nSPS) is 12.8. The fraction of sp³-hybridized carbons (Fsp3) is 0.200. The molecular formula is C15H17N5. The molecule has 3 aromatic rings. The van der Waals surface area contributed by atoms with Gasteiger partial charge in [-0.2, -0.15) is 5.10 Å². The maximum absolute atomic E-state index is 5.79. The summed E-state index contributed by atoms with van der Waals surface area (Å²) in [5.74, 6) is 5.79. The lowest BCUT2D eigenvalue weighted by molar-refractivity contribution is 0.577. The number of hydrogen-bond acceptors (Lipinski definition) is 4. The summed E-state index contributed by atoms with van der Waals surface area (Å²) < 4.78 is 1.86. The zero-order chi connectivity index (χ0) is 14.1. The number of aromatic nitrogens is 3. The van der Waals surface area contributed by atoms with E-state index in [1.165, 1.54) is 0 Å². The van der Waals surface area contributed by atoms with Gasteiger partial charge in [-0.05, 0) is 30.0 Å². The molecule has 0 aliphatic heterocycles. The van der Waals surface area contributed by atoms with Crippen LogP contribution in [0.1, 0.15) is 23.0 Å². The number of fused-ring (bicyclic) bond motifs is 1. The Hall–Kier alpha value is -2.24. The van der Waals surface area contributed by atoms with Gasteiger partial charge in [0.1, 0.15) is 0 Å². The minimum atomic E-state index is -0.117. The fourth-order valence-corrected chi connectivity index (χ4v) is 2.62. The molecule has 1 aromatic carbocycles. The van der Waals surface area contributed by atoms with Gasteiger partial charge in [0.15, 0.2) is 0 Å². The van der Waals surface area contributed by atoms with Crippen LogP contribution >= 0.6 is 0 Å². The SMILES string of the molecule is Cc1cc(C(NN)c2cccc3ccncc23)n(C)n1. The van der Waals surface area contributed by atoms with Crippen LogP contribution in [0.3, 0.4) is 0 Å². The molecule has 0 saturated heterocycles. The van der Waals surface area contributed by atoms with Gasteiger partial charge in [0.25, 0.3) is 0 Å². The smallest absolute Gasteiger partial charge is 0.0884 e. The number of rotatable bonds is 3. The lowest BCUT2D eigenvalue weighted by Gasteiger charge is -2.18. The lowest BCUT2D eigenvalue weighted by Crippen LogP contribution is -2.30. The van der Waals surface area contributed by atoms with Gasteiger partial charge in [0, 0.05) is 24.8 Å². The first-order chi connectivity index (χ1) is 9.70. The van der Waals surface area contributed by atoms with Crippen molar-refractivity contribution in [1.82, 2.24) is 20.2 Å². The molecule has 0 bridgehead atoms. The van der Waals surface area contributed by atoms with E-state index < -0.39 is 0 Å². The third-order valence-corrected chi connectivity index (χ3v) is 3.53. The topological polar surface area (TPSA) is 68.8 Å². The quantitative estimate of drug-likeness (QED) is 0.561. The lowest BCUT2D eigenvalue weighted by atomic mass is 9.98. The first kappa shape index (κ1) is 12.8. The maximum Gasteiger partial charge on any atom is 0.0884 e. The Morgan fingerprint density at radius 2 is 2.15 bits per heavy atom. The van der Waals surface area contributed by atoms with Crippen molar-refractivity contribution in [3.05, 3.63) is 59.7 Å². The Bertz CT molecular complexity index is 742. The number of pyridine rings is 1. The van der Waals surface area contributed by atoms with Crippen LogP contribution in [0.2, 0.25) is 0 Å². The first-order valence-corrected chi connectivity index (χ1v) is 6.50. The molecule has 1 atom stereocenters. The summed E-state index contributed by atoms with van der Waals surface area (Å²) in [5.41, 5.74) is 5.99. The molecule has 2 aromatic heterocycles. The molecule has 3 rings (SSSR count). The Morgan fingerprint density at radius 3 is 2.85 bits per heavy atom. The van der Waals surface area contributed by atoms with Crippen LogP contribution < -0.4 is 11.3 Å². The van der Waals surface area contributed by atoms with Gasteiger partial charge in [-0.15, -0.1) is 0 Å². The van der Waals surface area contributed by atoms with Crippen LogP contribution in [0.4, 0.5) is 0 Å². The summed E-state index contributed by atoms with van der Waals surface area (Å²) in [4.78, 5) is 4.22. The molecule has 0 aliphatic carbocycles. The van der Waals surface area contributed by atoms with E-state index in [1.807, 2.05) is 43.0 Å². The van der Waals surface area contributed by atoms with Crippen LogP contribution in [0.25, 0.3) is 10.8 Å². The van der Waals surface area contributed by atoms with Crippen molar-refractivity contribution in [1.29, 1.82) is 0 Å². The molecule has 0 radical (unpaired) electrons. The van der Waals surface area contributed by atoms with Crippen LogP contribution in [0.5, 0.6) is 0 Å².